The fraction of sp³-hybridized carbons (Fsp3) is 0.185. The van der Waals surface area contributed by atoms with Gasteiger partial charge in [0.1, 0.15) is 5.82 Å². The first kappa shape index (κ1) is 21.6. The van der Waals surface area contributed by atoms with Crippen LogP contribution in [0, 0.1) is 0 Å². The van der Waals surface area contributed by atoms with Crippen molar-refractivity contribution in [2.24, 2.45) is 0 Å². The Morgan fingerprint density at radius 1 is 1.03 bits per heavy atom. The monoisotopic (exact) mass is 420 g/mol. The van der Waals surface area contributed by atoms with E-state index < -0.39 is 0 Å². The Balaban J connectivity index is 1.68. The normalized spacial score (nSPS) is 12.9. The van der Waals surface area contributed by atoms with Crippen LogP contribution in [0.3, 0.4) is 0 Å². The predicted octanol–water partition coefficient (Wildman–Crippen LogP) is 4.21. The number of aromatic nitrogens is 2. The van der Waals surface area contributed by atoms with E-state index >= 15 is 0 Å². The molecular formula is C27H29BN4. The molecule has 3 heterocycles. The molecule has 0 bridgehead atoms. The van der Waals surface area contributed by atoms with Gasteiger partial charge >= 0.3 is 0 Å². The summed E-state index contributed by atoms with van der Waals surface area (Å²) in [6.07, 6.45) is 4.06. The quantitative estimate of drug-likeness (QED) is 0.536. The molecule has 2 aromatic heterocycles. The lowest BCUT2D eigenvalue weighted by Gasteiger charge is -2.31. The van der Waals surface area contributed by atoms with Crippen LogP contribution in [-0.4, -0.2) is 30.9 Å². The molecule has 0 amide bonds. The van der Waals surface area contributed by atoms with Crippen molar-refractivity contribution in [3.8, 4) is 0 Å². The summed E-state index contributed by atoms with van der Waals surface area (Å²) >= 11 is 0. The molecule has 1 aliphatic heterocycles. The zero-order chi connectivity index (χ0) is 22.7. The van der Waals surface area contributed by atoms with Gasteiger partial charge in [-0.1, -0.05) is 43.5 Å². The summed E-state index contributed by atoms with van der Waals surface area (Å²) in [5.74, 6) is 0.987. The van der Waals surface area contributed by atoms with Crippen molar-refractivity contribution in [1.82, 2.24) is 9.97 Å². The largest absolute Gasteiger partial charge is 0.357 e. The standard InChI is InChI=1S/C27H29BN4/c1-5-31(6-2)27-15-14-21(16-29-27)19(3)24-18-32(17-22-10-9-13-26(28)30-22)25-12-8-7-11-23(25)20(24)4/h7-16,18H,3-6,17,28H2,1-2H3. The highest BCUT2D eigenvalue weighted by Gasteiger charge is 2.23. The van der Waals surface area contributed by atoms with E-state index in [1.807, 2.05) is 20.1 Å². The molecule has 0 radical (unpaired) electrons. The van der Waals surface area contributed by atoms with Gasteiger partial charge < -0.3 is 9.80 Å². The number of fused-ring (bicyclic) bond motifs is 1. The van der Waals surface area contributed by atoms with E-state index in [4.69, 9.17) is 4.98 Å². The van der Waals surface area contributed by atoms with E-state index in [0.717, 1.165) is 63.7 Å². The Kier molecular flexibility index (Phi) is 6.26. The molecular weight excluding hydrogens is 391 g/mol. The lowest BCUT2D eigenvalue weighted by molar-refractivity contribution is 0.846. The Morgan fingerprint density at radius 2 is 1.81 bits per heavy atom. The second kappa shape index (κ2) is 9.27. The third kappa shape index (κ3) is 4.24. The van der Waals surface area contributed by atoms with Crippen molar-refractivity contribution >= 4 is 36.1 Å². The number of hydrogen-bond donors (Lipinski definition) is 0. The van der Waals surface area contributed by atoms with Crippen LogP contribution in [0.2, 0.25) is 0 Å². The highest BCUT2D eigenvalue weighted by atomic mass is 15.2. The van der Waals surface area contributed by atoms with Crippen molar-refractivity contribution in [2.75, 3.05) is 22.9 Å². The Bertz CT molecular complexity index is 1180. The van der Waals surface area contributed by atoms with Gasteiger partial charge in [0.2, 0.25) is 0 Å². The molecule has 0 saturated carbocycles. The van der Waals surface area contributed by atoms with Gasteiger partial charge in [-0.3, -0.25) is 4.98 Å². The van der Waals surface area contributed by atoms with Gasteiger partial charge in [0.15, 0.2) is 7.85 Å². The van der Waals surface area contributed by atoms with Crippen molar-refractivity contribution in [1.29, 1.82) is 0 Å². The molecule has 0 unspecified atom stereocenters. The summed E-state index contributed by atoms with van der Waals surface area (Å²) in [4.78, 5) is 13.9. The number of benzene rings is 1. The van der Waals surface area contributed by atoms with Crippen molar-refractivity contribution in [2.45, 2.75) is 20.4 Å². The fourth-order valence-electron chi connectivity index (χ4n) is 4.14. The number of rotatable bonds is 7. The van der Waals surface area contributed by atoms with E-state index in [0.29, 0.717) is 6.54 Å². The minimum Gasteiger partial charge on any atom is -0.357 e. The van der Waals surface area contributed by atoms with Gasteiger partial charge in [0, 0.05) is 47.9 Å². The van der Waals surface area contributed by atoms with Crippen molar-refractivity contribution in [3.63, 3.8) is 0 Å². The highest BCUT2D eigenvalue weighted by molar-refractivity contribution is 6.30. The molecule has 0 spiro atoms. The number of anilines is 2. The molecule has 160 valence electrons. The minimum atomic E-state index is 0.682. The average Bonchev–Trinajstić information content (AvgIpc) is 2.82. The van der Waals surface area contributed by atoms with Gasteiger partial charge in [-0.2, -0.15) is 0 Å². The molecule has 1 aromatic carbocycles. The summed E-state index contributed by atoms with van der Waals surface area (Å²) in [5.41, 5.74) is 8.22. The van der Waals surface area contributed by atoms with Gasteiger partial charge in [0.05, 0.1) is 12.2 Å². The van der Waals surface area contributed by atoms with Crippen LogP contribution in [0.1, 0.15) is 30.7 Å². The first-order chi connectivity index (χ1) is 15.5. The summed E-state index contributed by atoms with van der Waals surface area (Å²) in [5, 5.41) is 0. The van der Waals surface area contributed by atoms with Crippen molar-refractivity contribution in [3.05, 3.63) is 103 Å². The van der Waals surface area contributed by atoms with Crippen LogP contribution < -0.4 is 15.4 Å². The highest BCUT2D eigenvalue weighted by Crippen LogP contribution is 2.41. The lowest BCUT2D eigenvalue weighted by atomic mass is 9.88. The predicted molar refractivity (Wildman–Crippen MR) is 139 cm³/mol. The van der Waals surface area contributed by atoms with Crippen LogP contribution in [-0.2, 0) is 6.54 Å². The molecule has 32 heavy (non-hydrogen) atoms. The van der Waals surface area contributed by atoms with E-state index in [-0.39, 0.29) is 0 Å². The van der Waals surface area contributed by atoms with Crippen LogP contribution >= 0.6 is 0 Å². The molecule has 4 rings (SSSR count). The lowest BCUT2D eigenvalue weighted by Crippen LogP contribution is -2.24. The van der Waals surface area contributed by atoms with E-state index in [1.165, 1.54) is 0 Å². The van der Waals surface area contributed by atoms with Crippen molar-refractivity contribution < 1.29 is 0 Å². The first-order valence-corrected chi connectivity index (χ1v) is 11.1. The number of allylic oxidation sites excluding steroid dienone is 3. The molecule has 0 fully saturated rings. The molecule has 0 N–H and O–H groups in total. The second-order valence-electron chi connectivity index (χ2n) is 7.99. The second-order valence-corrected chi connectivity index (χ2v) is 7.99. The van der Waals surface area contributed by atoms with Gasteiger partial charge in [-0.25, -0.2) is 4.98 Å². The van der Waals surface area contributed by atoms with Crippen LogP contribution in [0.25, 0.3) is 11.1 Å². The summed E-state index contributed by atoms with van der Waals surface area (Å²) in [6, 6.07) is 18.7. The zero-order valence-electron chi connectivity index (χ0n) is 19.2. The maximum absolute atomic E-state index is 4.70. The average molecular weight is 420 g/mol. The third-order valence-corrected chi connectivity index (χ3v) is 5.94. The van der Waals surface area contributed by atoms with E-state index in [2.05, 4.69) is 96.5 Å². The number of para-hydroxylation sites is 1. The Morgan fingerprint density at radius 3 is 2.50 bits per heavy atom. The molecule has 0 aliphatic carbocycles. The van der Waals surface area contributed by atoms with Crippen LogP contribution in [0.5, 0.6) is 0 Å². The third-order valence-electron chi connectivity index (χ3n) is 5.94. The van der Waals surface area contributed by atoms with Gasteiger partial charge in [0.25, 0.3) is 0 Å². The summed E-state index contributed by atoms with van der Waals surface area (Å²) in [7, 11) is 2.02. The Hall–Kier alpha value is -3.60. The summed E-state index contributed by atoms with van der Waals surface area (Å²) < 4.78 is 0. The number of nitrogens with zero attached hydrogens (tertiary/aromatic N) is 4. The first-order valence-electron chi connectivity index (χ1n) is 11.1. The molecule has 4 nitrogen and oxygen atoms in total. The topological polar surface area (TPSA) is 32.3 Å². The van der Waals surface area contributed by atoms with E-state index in [9.17, 15) is 0 Å². The van der Waals surface area contributed by atoms with Gasteiger partial charge in [-0.15, -0.1) is 0 Å². The van der Waals surface area contributed by atoms with Gasteiger partial charge in [-0.05, 0) is 54.9 Å². The minimum absolute atomic E-state index is 0.682. The van der Waals surface area contributed by atoms with E-state index in [1.54, 1.807) is 0 Å². The molecule has 0 saturated heterocycles. The summed E-state index contributed by atoms with van der Waals surface area (Å²) in [6.45, 7) is 15.7. The Labute approximate surface area is 192 Å². The maximum atomic E-state index is 4.70. The molecule has 5 heteroatoms. The van der Waals surface area contributed by atoms with Crippen LogP contribution in [0.15, 0.2) is 85.7 Å². The smallest absolute Gasteiger partial charge is 0.163 e. The SMILES string of the molecule is Bc1cccc(CN2C=C(C(=C)c3ccc(N(CC)CC)nc3)C(=C)c3ccccc32)n1. The molecule has 0 atom stereocenters. The number of hydrogen-bond acceptors (Lipinski definition) is 4. The van der Waals surface area contributed by atoms with Crippen LogP contribution in [0.4, 0.5) is 11.5 Å². The zero-order valence-corrected chi connectivity index (χ0v) is 19.2. The molecule has 1 aliphatic rings. The number of pyridine rings is 2. The fourth-order valence-corrected chi connectivity index (χ4v) is 4.14. The maximum Gasteiger partial charge on any atom is 0.163 e. The molecule has 3 aromatic rings.